The van der Waals surface area contributed by atoms with Gasteiger partial charge < -0.3 is 4.90 Å². The highest BCUT2D eigenvalue weighted by Crippen LogP contribution is 2.49. The van der Waals surface area contributed by atoms with Gasteiger partial charge in [-0.25, -0.2) is 8.42 Å². The van der Waals surface area contributed by atoms with Crippen LogP contribution in [0, 0.1) is 5.41 Å². The smallest absolute Gasteiger partial charge is 0.179 e. The summed E-state index contributed by atoms with van der Waals surface area (Å²) in [5.41, 5.74) is 3.05. The average Bonchev–Trinajstić information content (AvgIpc) is 2.79. The molecule has 0 aliphatic carbocycles. The molecule has 152 valence electrons. The lowest BCUT2D eigenvalue weighted by Gasteiger charge is -2.34. The fraction of sp³-hybridized carbons (Fsp3) is 0.500. The van der Waals surface area contributed by atoms with Crippen LogP contribution in [0.25, 0.3) is 0 Å². The lowest BCUT2D eigenvalue weighted by Crippen LogP contribution is -2.29. The third kappa shape index (κ3) is 4.12. The first-order chi connectivity index (χ1) is 13.3. The van der Waals surface area contributed by atoms with E-state index in [1.807, 2.05) is 37.2 Å². The van der Waals surface area contributed by atoms with E-state index in [0.29, 0.717) is 4.90 Å². The second-order valence-electron chi connectivity index (χ2n) is 8.50. The molecule has 2 aromatic rings. The summed E-state index contributed by atoms with van der Waals surface area (Å²) < 4.78 is 27.0. The van der Waals surface area contributed by atoms with Crippen molar-refractivity contribution in [2.24, 2.45) is 5.41 Å². The maximum absolute atomic E-state index is 13.5. The van der Waals surface area contributed by atoms with E-state index >= 15 is 0 Å². The van der Waals surface area contributed by atoms with E-state index in [1.54, 1.807) is 0 Å². The number of hydrogen-bond acceptors (Lipinski definition) is 3. The largest absolute Gasteiger partial charge is 0.378 e. The van der Waals surface area contributed by atoms with Crippen LogP contribution < -0.4 is 4.90 Å². The van der Waals surface area contributed by atoms with Crippen LogP contribution in [-0.4, -0.2) is 28.3 Å². The standard InChI is InChI=1S/C24H33NO2S/c1-5-7-15-24(6-2)17-22(19-11-9-8-10-12-19)21-16-20(25(3)4)13-14-23(21)28(26,27)18-24/h8-14,16,22H,5-7,15,17-18H2,1-4H3/t22-,24+/m1/s1. The zero-order chi connectivity index (χ0) is 20.4. The van der Waals surface area contributed by atoms with Crippen molar-refractivity contribution in [3.63, 3.8) is 0 Å². The molecule has 0 saturated heterocycles. The van der Waals surface area contributed by atoms with E-state index in [4.69, 9.17) is 0 Å². The fourth-order valence-corrected chi connectivity index (χ4v) is 6.85. The molecule has 0 unspecified atom stereocenters. The van der Waals surface area contributed by atoms with E-state index in [0.717, 1.165) is 43.4 Å². The summed E-state index contributed by atoms with van der Waals surface area (Å²) in [6.07, 6.45) is 4.91. The molecule has 1 aliphatic rings. The van der Waals surface area contributed by atoms with Gasteiger partial charge in [-0.3, -0.25) is 0 Å². The molecule has 0 bridgehead atoms. The number of fused-ring (bicyclic) bond motifs is 1. The molecule has 1 heterocycles. The third-order valence-electron chi connectivity index (χ3n) is 6.37. The van der Waals surface area contributed by atoms with Crippen molar-refractivity contribution in [3.05, 3.63) is 59.7 Å². The summed E-state index contributed by atoms with van der Waals surface area (Å²) in [4.78, 5) is 2.57. The highest BCUT2D eigenvalue weighted by Gasteiger charge is 2.42. The molecule has 28 heavy (non-hydrogen) atoms. The van der Waals surface area contributed by atoms with Crippen molar-refractivity contribution in [3.8, 4) is 0 Å². The van der Waals surface area contributed by atoms with Crippen LogP contribution in [0.1, 0.15) is 63.0 Å². The zero-order valence-electron chi connectivity index (χ0n) is 17.6. The minimum atomic E-state index is -3.33. The second-order valence-corrected chi connectivity index (χ2v) is 10.5. The first-order valence-electron chi connectivity index (χ1n) is 10.4. The Morgan fingerprint density at radius 3 is 2.39 bits per heavy atom. The van der Waals surface area contributed by atoms with Gasteiger partial charge >= 0.3 is 0 Å². The SMILES string of the molecule is CCCC[C@@]1(CC)C[C@H](c2ccccc2)c2cc(N(C)C)ccc2S(=O)(=O)C1. The molecule has 3 rings (SSSR count). The Morgan fingerprint density at radius 2 is 1.79 bits per heavy atom. The topological polar surface area (TPSA) is 37.4 Å². The van der Waals surface area contributed by atoms with Crippen LogP contribution in [0.5, 0.6) is 0 Å². The molecule has 4 heteroatoms. The minimum Gasteiger partial charge on any atom is -0.378 e. The highest BCUT2D eigenvalue weighted by molar-refractivity contribution is 7.91. The maximum Gasteiger partial charge on any atom is 0.179 e. The van der Waals surface area contributed by atoms with Gasteiger partial charge in [0.25, 0.3) is 0 Å². The Kier molecular flexibility index (Phi) is 6.18. The Morgan fingerprint density at radius 1 is 1.07 bits per heavy atom. The zero-order valence-corrected chi connectivity index (χ0v) is 18.4. The quantitative estimate of drug-likeness (QED) is 0.630. The third-order valence-corrected chi connectivity index (χ3v) is 8.40. The minimum absolute atomic E-state index is 0.102. The summed E-state index contributed by atoms with van der Waals surface area (Å²) in [5, 5.41) is 0. The Balaban J connectivity index is 2.23. The molecule has 0 amide bonds. The second kappa shape index (κ2) is 8.28. The van der Waals surface area contributed by atoms with Gasteiger partial charge in [0.1, 0.15) is 0 Å². The summed E-state index contributed by atoms with van der Waals surface area (Å²) in [6.45, 7) is 4.34. The van der Waals surface area contributed by atoms with Gasteiger partial charge in [-0.15, -0.1) is 0 Å². The van der Waals surface area contributed by atoms with Crippen LogP contribution in [0.15, 0.2) is 53.4 Å². The summed E-state index contributed by atoms with van der Waals surface area (Å²) in [5.74, 6) is 0.360. The van der Waals surface area contributed by atoms with Gasteiger partial charge in [0.05, 0.1) is 10.6 Å². The molecule has 0 radical (unpaired) electrons. The van der Waals surface area contributed by atoms with Crippen molar-refractivity contribution in [2.45, 2.75) is 56.8 Å². The van der Waals surface area contributed by atoms with Crippen LogP contribution >= 0.6 is 0 Å². The molecule has 0 saturated carbocycles. The number of unbranched alkanes of at least 4 members (excludes halogenated alkanes) is 1. The Hall–Kier alpha value is -1.81. The van der Waals surface area contributed by atoms with Crippen molar-refractivity contribution in [2.75, 3.05) is 24.7 Å². The molecular formula is C24H33NO2S. The molecule has 2 aromatic carbocycles. The first-order valence-corrected chi connectivity index (χ1v) is 12.1. The first kappa shape index (κ1) is 20.9. The van der Waals surface area contributed by atoms with Gasteiger partial charge in [0.2, 0.25) is 0 Å². The number of anilines is 1. The van der Waals surface area contributed by atoms with Crippen LogP contribution in [0.3, 0.4) is 0 Å². The van der Waals surface area contributed by atoms with Gasteiger partial charge in [0, 0.05) is 25.7 Å². The van der Waals surface area contributed by atoms with Crippen molar-refractivity contribution in [1.82, 2.24) is 0 Å². The van der Waals surface area contributed by atoms with Gasteiger partial charge in [-0.05, 0) is 54.0 Å². The summed E-state index contributed by atoms with van der Waals surface area (Å²) in [6, 6.07) is 16.3. The predicted molar refractivity (Wildman–Crippen MR) is 118 cm³/mol. The lowest BCUT2D eigenvalue weighted by molar-refractivity contribution is 0.247. The maximum atomic E-state index is 13.5. The number of rotatable bonds is 6. The fourth-order valence-electron chi connectivity index (χ4n) is 4.58. The Bertz CT molecular complexity index is 905. The van der Waals surface area contributed by atoms with E-state index in [1.165, 1.54) is 5.56 Å². The van der Waals surface area contributed by atoms with Gasteiger partial charge in [0.15, 0.2) is 9.84 Å². The average molecular weight is 400 g/mol. The van der Waals surface area contributed by atoms with E-state index in [9.17, 15) is 8.42 Å². The molecular weight excluding hydrogens is 366 g/mol. The number of hydrogen-bond donors (Lipinski definition) is 0. The molecule has 0 aromatic heterocycles. The predicted octanol–water partition coefficient (Wildman–Crippen LogP) is 5.65. The van der Waals surface area contributed by atoms with E-state index in [2.05, 4.69) is 44.2 Å². The number of sulfone groups is 1. The molecule has 1 aliphatic heterocycles. The Labute approximate surface area is 170 Å². The van der Waals surface area contributed by atoms with Gasteiger partial charge in [-0.2, -0.15) is 0 Å². The van der Waals surface area contributed by atoms with Crippen molar-refractivity contribution < 1.29 is 8.42 Å². The monoisotopic (exact) mass is 399 g/mol. The highest BCUT2D eigenvalue weighted by atomic mass is 32.2. The van der Waals surface area contributed by atoms with Crippen LogP contribution in [-0.2, 0) is 9.84 Å². The molecule has 3 nitrogen and oxygen atoms in total. The lowest BCUT2D eigenvalue weighted by atomic mass is 9.71. The normalized spacial score (nSPS) is 23.6. The summed E-state index contributed by atoms with van der Waals surface area (Å²) in [7, 11) is 0.674. The molecule has 2 atom stereocenters. The van der Waals surface area contributed by atoms with Crippen LogP contribution in [0.2, 0.25) is 0 Å². The van der Waals surface area contributed by atoms with Crippen LogP contribution in [0.4, 0.5) is 5.69 Å². The molecule has 0 spiro atoms. The number of nitrogens with zero attached hydrogens (tertiary/aromatic N) is 1. The van der Waals surface area contributed by atoms with E-state index < -0.39 is 9.84 Å². The number of benzene rings is 2. The van der Waals surface area contributed by atoms with Gasteiger partial charge in [-0.1, -0.05) is 57.0 Å². The molecule has 0 N–H and O–H groups in total. The molecule has 0 fully saturated rings. The van der Waals surface area contributed by atoms with Crippen molar-refractivity contribution >= 4 is 15.5 Å². The van der Waals surface area contributed by atoms with E-state index in [-0.39, 0.29) is 17.1 Å². The van der Waals surface area contributed by atoms with Crippen molar-refractivity contribution in [1.29, 1.82) is 0 Å². The summed E-state index contributed by atoms with van der Waals surface area (Å²) >= 11 is 0.